The maximum atomic E-state index is 14.8. The Bertz CT molecular complexity index is 1590. The van der Waals surface area contributed by atoms with Gasteiger partial charge in [0.15, 0.2) is 5.67 Å². The number of alkyl halides is 1. The number of pyridine rings is 2. The Balaban J connectivity index is 1.40. The lowest BCUT2D eigenvalue weighted by atomic mass is 9.94. The fourth-order valence-corrected chi connectivity index (χ4v) is 5.80. The Hall–Kier alpha value is -3.55. The van der Waals surface area contributed by atoms with Gasteiger partial charge in [0.1, 0.15) is 29.9 Å². The van der Waals surface area contributed by atoms with Crippen LogP contribution in [0.2, 0.25) is 25.7 Å². The largest absolute Gasteiger partial charge is 0.390 e. The summed E-state index contributed by atoms with van der Waals surface area (Å²) >= 11 is 0. The second-order valence-corrected chi connectivity index (χ2v) is 18.7. The topological polar surface area (TPSA) is 127 Å². The van der Waals surface area contributed by atoms with E-state index in [1.807, 2.05) is 19.2 Å². The highest BCUT2D eigenvalue weighted by Gasteiger charge is 2.39. The van der Waals surface area contributed by atoms with Gasteiger partial charge >= 0.3 is 0 Å². The third-order valence-electron chi connectivity index (χ3n) is 7.75. The van der Waals surface area contributed by atoms with E-state index in [0.717, 1.165) is 28.2 Å². The first-order valence-corrected chi connectivity index (χ1v) is 18.5. The average Bonchev–Trinajstić information content (AvgIpc) is 3.31. The molecule has 0 spiro atoms. The highest BCUT2D eigenvalue weighted by molar-refractivity contribution is 6.76. The Morgan fingerprint density at radius 1 is 1.14 bits per heavy atom. The van der Waals surface area contributed by atoms with Crippen molar-refractivity contribution in [3.05, 3.63) is 42.1 Å². The number of fused-ring (bicyclic) bond motifs is 1. The van der Waals surface area contributed by atoms with Crippen LogP contribution in [0, 0.1) is 6.92 Å². The predicted molar refractivity (Wildman–Crippen MR) is 169 cm³/mol. The van der Waals surface area contributed by atoms with E-state index in [1.165, 1.54) is 6.92 Å². The minimum absolute atomic E-state index is 0.0211. The molecule has 2 atom stereocenters. The molecule has 0 aromatic carbocycles. The van der Waals surface area contributed by atoms with Gasteiger partial charge in [0.2, 0.25) is 11.8 Å². The van der Waals surface area contributed by atoms with Crippen LogP contribution in [0.5, 0.6) is 0 Å². The number of rotatable bonds is 10. The van der Waals surface area contributed by atoms with Crippen LogP contribution in [0.15, 0.2) is 30.7 Å². The molecule has 2 N–H and O–H groups in total. The van der Waals surface area contributed by atoms with Gasteiger partial charge in [-0.2, -0.15) is 4.98 Å². The molecule has 4 aromatic rings. The zero-order valence-corrected chi connectivity index (χ0v) is 27.1. The molecule has 0 amide bonds. The molecule has 230 valence electrons. The average molecular weight is 608 g/mol. The first-order valence-electron chi connectivity index (χ1n) is 14.8. The van der Waals surface area contributed by atoms with Gasteiger partial charge < -0.3 is 20.1 Å². The van der Waals surface area contributed by atoms with E-state index in [0.29, 0.717) is 55.4 Å². The number of nitrogens with zero attached hydrogens (tertiary/aromatic N) is 8. The van der Waals surface area contributed by atoms with E-state index < -0.39 is 19.8 Å². The van der Waals surface area contributed by atoms with Crippen molar-refractivity contribution in [2.75, 3.05) is 29.9 Å². The van der Waals surface area contributed by atoms with Crippen molar-refractivity contribution in [2.45, 2.75) is 84.2 Å². The molecule has 5 rings (SSSR count). The molecule has 0 unspecified atom stereocenters. The van der Waals surface area contributed by atoms with E-state index in [2.05, 4.69) is 53.8 Å². The first-order chi connectivity index (χ1) is 20.3. The number of aliphatic hydroxyl groups excluding tert-OH is 1. The van der Waals surface area contributed by atoms with E-state index in [-0.39, 0.29) is 12.5 Å². The summed E-state index contributed by atoms with van der Waals surface area (Å²) in [7, 11) is -1.17. The zero-order chi connectivity index (χ0) is 30.9. The normalized spacial score (nSPS) is 19.4. The Kier molecular flexibility index (Phi) is 8.77. The second-order valence-electron chi connectivity index (χ2n) is 13.0. The quantitative estimate of drug-likeness (QED) is 0.177. The van der Waals surface area contributed by atoms with Crippen molar-refractivity contribution in [1.29, 1.82) is 0 Å². The number of aryl methyl sites for hydroxylation is 1. The van der Waals surface area contributed by atoms with Gasteiger partial charge in [0.05, 0.1) is 12.6 Å². The molecule has 4 aromatic heterocycles. The van der Waals surface area contributed by atoms with Crippen LogP contribution >= 0.6 is 0 Å². The van der Waals surface area contributed by atoms with Crippen molar-refractivity contribution in [2.24, 2.45) is 0 Å². The molecule has 0 aliphatic carbocycles. The summed E-state index contributed by atoms with van der Waals surface area (Å²) in [5.41, 5.74) is 0.00852. The lowest BCUT2D eigenvalue weighted by molar-refractivity contribution is -0.00860. The number of piperidine rings is 1. The molecule has 1 aliphatic heterocycles. The molecular weight excluding hydrogens is 565 g/mol. The Labute approximate surface area is 253 Å². The molecule has 11 nitrogen and oxygen atoms in total. The Morgan fingerprint density at radius 3 is 2.65 bits per heavy atom. The molecular formula is C30H42FN9O2Si. The highest BCUT2D eigenvalue weighted by atomic mass is 28.3. The highest BCUT2D eigenvalue weighted by Crippen LogP contribution is 2.33. The number of nitrogens with one attached hydrogen (secondary N) is 1. The summed E-state index contributed by atoms with van der Waals surface area (Å²) in [6.07, 6.45) is 4.62. The van der Waals surface area contributed by atoms with Gasteiger partial charge in [0.25, 0.3) is 0 Å². The fourth-order valence-electron chi connectivity index (χ4n) is 5.04. The number of aliphatic hydroxyl groups is 1. The first kappa shape index (κ1) is 30.9. The lowest BCUT2D eigenvalue weighted by Crippen LogP contribution is -2.52. The number of hydrogen-bond acceptors (Lipinski definition) is 10. The van der Waals surface area contributed by atoms with Crippen molar-refractivity contribution < 1.29 is 14.2 Å². The van der Waals surface area contributed by atoms with Crippen LogP contribution in [-0.2, 0) is 11.5 Å². The van der Waals surface area contributed by atoms with Crippen LogP contribution in [0.25, 0.3) is 22.3 Å². The van der Waals surface area contributed by atoms with Gasteiger partial charge in [-0.05, 0) is 55.3 Å². The third kappa shape index (κ3) is 7.16. The molecule has 1 saturated heterocycles. The second kappa shape index (κ2) is 12.2. The molecule has 5 heterocycles. The van der Waals surface area contributed by atoms with E-state index in [4.69, 9.17) is 19.8 Å². The van der Waals surface area contributed by atoms with Gasteiger partial charge in [0, 0.05) is 45.2 Å². The lowest BCUT2D eigenvalue weighted by Gasteiger charge is -2.38. The molecule has 0 saturated carbocycles. The molecule has 13 heteroatoms. The zero-order valence-electron chi connectivity index (χ0n) is 26.1. The molecule has 1 fully saturated rings. The number of anilines is 3. The minimum Gasteiger partial charge on any atom is -0.390 e. The van der Waals surface area contributed by atoms with Crippen molar-refractivity contribution in [1.82, 2.24) is 34.7 Å². The molecule has 43 heavy (non-hydrogen) atoms. The fraction of sp³-hybridized carbons (Fsp3) is 0.533. The summed E-state index contributed by atoms with van der Waals surface area (Å²) in [4.78, 5) is 24.9. The van der Waals surface area contributed by atoms with Crippen molar-refractivity contribution >= 4 is 36.4 Å². The van der Waals surface area contributed by atoms with Crippen LogP contribution < -0.4 is 10.2 Å². The molecule has 0 bridgehead atoms. The smallest absolute Gasteiger partial charge is 0.227 e. The maximum Gasteiger partial charge on any atom is 0.227 e. The van der Waals surface area contributed by atoms with Gasteiger partial charge in [-0.3, -0.25) is 4.98 Å². The number of ether oxygens (including phenoxy) is 1. The van der Waals surface area contributed by atoms with Gasteiger partial charge in [-0.1, -0.05) is 33.5 Å². The summed E-state index contributed by atoms with van der Waals surface area (Å²) in [6, 6.07) is 4.82. The van der Waals surface area contributed by atoms with Gasteiger partial charge in [-0.25, -0.2) is 24.0 Å². The summed E-state index contributed by atoms with van der Waals surface area (Å²) in [5.74, 6) is 3.05. The van der Waals surface area contributed by atoms with Crippen molar-refractivity contribution in [3.8, 4) is 11.5 Å². The SMILES string of the molecule is Cc1nc(-c2ncc(C(C)C)c3cc(Nc4ccnc(N5CC[C@@H](O)[C@@](C)(F)C5)n4)ncc23)nn1COCC[Si](C)(C)C. The maximum absolute atomic E-state index is 14.8. The summed E-state index contributed by atoms with van der Waals surface area (Å²) in [6.45, 7) is 16.1. The summed E-state index contributed by atoms with van der Waals surface area (Å²) in [5, 5.41) is 19.8. The molecule has 0 radical (unpaired) electrons. The molecule has 1 aliphatic rings. The van der Waals surface area contributed by atoms with Crippen LogP contribution in [0.3, 0.4) is 0 Å². The van der Waals surface area contributed by atoms with E-state index in [9.17, 15) is 9.50 Å². The Morgan fingerprint density at radius 2 is 1.93 bits per heavy atom. The number of hydrogen-bond donors (Lipinski definition) is 2. The number of halogens is 1. The summed E-state index contributed by atoms with van der Waals surface area (Å²) < 4.78 is 22.5. The van der Waals surface area contributed by atoms with E-state index >= 15 is 0 Å². The number of aromatic nitrogens is 7. The minimum atomic E-state index is -1.73. The van der Waals surface area contributed by atoms with Crippen LogP contribution in [0.4, 0.5) is 22.0 Å². The van der Waals surface area contributed by atoms with Crippen LogP contribution in [-0.4, -0.2) is 79.3 Å². The monoisotopic (exact) mass is 607 g/mol. The standard InChI is InChI=1S/C30H42FN9O2Si/c1-19(2)22-15-34-27(28-35-20(3)40(38-28)18-42-12-13-43(5,6)7)23-16-33-26(14-21(22)23)36-25-8-10-32-29(37-25)39-11-9-24(41)30(4,31)17-39/h8,10,14-16,19,24,41H,9,11-13,17-18H2,1-7H3,(H,32,33,36,37)/t24-,30+/m1/s1. The predicted octanol–water partition coefficient (Wildman–Crippen LogP) is 5.47. The third-order valence-corrected chi connectivity index (χ3v) is 9.46. The van der Waals surface area contributed by atoms with Crippen LogP contribution in [0.1, 0.15) is 44.5 Å². The van der Waals surface area contributed by atoms with Gasteiger partial charge in [-0.15, -0.1) is 5.10 Å². The van der Waals surface area contributed by atoms with E-state index in [1.54, 1.807) is 28.0 Å². The van der Waals surface area contributed by atoms with Crippen molar-refractivity contribution in [3.63, 3.8) is 0 Å².